The van der Waals surface area contributed by atoms with E-state index in [0.717, 1.165) is 18.4 Å². The minimum atomic E-state index is -3.69. The Morgan fingerprint density at radius 1 is 1.48 bits per heavy atom. The van der Waals surface area contributed by atoms with Gasteiger partial charge in [0.2, 0.25) is 10.0 Å². The molecule has 1 aromatic rings. The molecule has 7 heteroatoms. The van der Waals surface area contributed by atoms with Gasteiger partial charge in [0.1, 0.15) is 0 Å². The lowest BCUT2D eigenvalue weighted by Crippen LogP contribution is -2.51. The number of ether oxygens (including phenoxy) is 1. The summed E-state index contributed by atoms with van der Waals surface area (Å²) in [6.45, 7) is 4.48. The van der Waals surface area contributed by atoms with Crippen LogP contribution in [0.1, 0.15) is 30.9 Å². The van der Waals surface area contributed by atoms with E-state index in [9.17, 15) is 13.5 Å². The van der Waals surface area contributed by atoms with Crippen LogP contribution in [0.15, 0.2) is 21.5 Å². The van der Waals surface area contributed by atoms with Crippen LogP contribution in [0, 0.1) is 6.92 Å². The summed E-state index contributed by atoms with van der Waals surface area (Å²) in [4.78, 5) is 0.151. The summed E-state index contributed by atoms with van der Waals surface area (Å²) in [7, 11) is -3.69. The Morgan fingerprint density at radius 2 is 2.19 bits per heavy atom. The van der Waals surface area contributed by atoms with Crippen molar-refractivity contribution >= 4 is 26.0 Å². The zero-order valence-corrected chi connectivity index (χ0v) is 14.6. The lowest BCUT2D eigenvalue weighted by atomic mass is 9.97. The molecule has 0 amide bonds. The maximum absolute atomic E-state index is 12.7. The molecule has 118 valence electrons. The van der Waals surface area contributed by atoms with Crippen LogP contribution in [0.3, 0.4) is 0 Å². The van der Waals surface area contributed by atoms with Crippen molar-refractivity contribution < 1.29 is 18.3 Å². The van der Waals surface area contributed by atoms with Crippen LogP contribution in [0.2, 0.25) is 0 Å². The Morgan fingerprint density at radius 3 is 2.76 bits per heavy atom. The maximum Gasteiger partial charge on any atom is 0.242 e. The first-order valence-electron chi connectivity index (χ1n) is 6.79. The quantitative estimate of drug-likeness (QED) is 0.842. The molecule has 2 rings (SSSR count). The summed E-state index contributed by atoms with van der Waals surface area (Å²) in [5, 5.41) is 9.26. The number of aliphatic hydroxyl groups is 1. The molecule has 1 aromatic carbocycles. The third kappa shape index (κ3) is 3.84. The van der Waals surface area contributed by atoms with Crippen LogP contribution in [0.5, 0.6) is 0 Å². The summed E-state index contributed by atoms with van der Waals surface area (Å²) in [6.07, 6.45) is 1.57. The van der Waals surface area contributed by atoms with Crippen molar-refractivity contribution in [2.45, 2.75) is 43.7 Å². The molecule has 21 heavy (non-hydrogen) atoms. The van der Waals surface area contributed by atoms with Crippen LogP contribution in [0.25, 0.3) is 0 Å². The first-order valence-corrected chi connectivity index (χ1v) is 9.07. The molecular weight excluding hydrogens is 358 g/mol. The zero-order valence-electron chi connectivity index (χ0n) is 12.1. The average Bonchev–Trinajstić information content (AvgIpc) is 2.41. The topological polar surface area (TPSA) is 75.6 Å². The molecule has 1 unspecified atom stereocenters. The monoisotopic (exact) mass is 377 g/mol. The van der Waals surface area contributed by atoms with Crippen molar-refractivity contribution in [2.24, 2.45) is 0 Å². The fourth-order valence-electron chi connectivity index (χ4n) is 2.49. The molecule has 1 fully saturated rings. The van der Waals surface area contributed by atoms with Crippen molar-refractivity contribution in [1.82, 2.24) is 4.72 Å². The minimum absolute atomic E-state index is 0.151. The van der Waals surface area contributed by atoms with E-state index in [0.29, 0.717) is 23.2 Å². The zero-order chi connectivity index (χ0) is 15.7. The van der Waals surface area contributed by atoms with Gasteiger partial charge in [-0.1, -0.05) is 6.07 Å². The molecule has 5 nitrogen and oxygen atoms in total. The number of aliphatic hydroxyl groups excluding tert-OH is 1. The van der Waals surface area contributed by atoms with E-state index < -0.39 is 15.6 Å². The molecule has 0 saturated carbocycles. The van der Waals surface area contributed by atoms with Crippen molar-refractivity contribution in [3.05, 3.63) is 27.7 Å². The molecule has 0 aliphatic carbocycles. The predicted octanol–water partition coefficient (Wildman–Crippen LogP) is 2.10. The van der Waals surface area contributed by atoms with E-state index in [2.05, 4.69) is 20.7 Å². The van der Waals surface area contributed by atoms with Gasteiger partial charge in [0.25, 0.3) is 0 Å². The third-order valence-electron chi connectivity index (χ3n) is 3.57. The van der Waals surface area contributed by atoms with Gasteiger partial charge in [-0.15, -0.1) is 0 Å². The smallest absolute Gasteiger partial charge is 0.242 e. The number of rotatable bonds is 4. The molecule has 0 radical (unpaired) electrons. The summed E-state index contributed by atoms with van der Waals surface area (Å²) in [6, 6.07) is 3.25. The van der Waals surface area contributed by atoms with Gasteiger partial charge in [0.05, 0.1) is 23.6 Å². The minimum Gasteiger partial charge on any atom is -0.392 e. The summed E-state index contributed by atoms with van der Waals surface area (Å²) < 4.78 is 34.0. The highest BCUT2D eigenvalue weighted by Gasteiger charge is 2.34. The molecule has 0 bridgehead atoms. The summed E-state index contributed by atoms with van der Waals surface area (Å²) in [5.74, 6) is 0. The molecule has 0 spiro atoms. The number of nitrogens with one attached hydrogen (secondary N) is 1. The highest BCUT2D eigenvalue weighted by molar-refractivity contribution is 9.10. The molecule has 1 saturated heterocycles. The fourth-order valence-corrected chi connectivity index (χ4v) is 4.98. The number of hydrogen-bond donors (Lipinski definition) is 2. The SMILES string of the molecule is Cc1cc(CO)cc(S(=O)(=O)NC2(C)CCCOC2)c1Br. The number of aryl methyl sites for hydroxylation is 1. The van der Waals surface area contributed by atoms with Gasteiger partial charge < -0.3 is 9.84 Å². The number of halogens is 1. The lowest BCUT2D eigenvalue weighted by Gasteiger charge is -2.34. The van der Waals surface area contributed by atoms with Crippen LogP contribution in [-0.4, -0.2) is 32.3 Å². The lowest BCUT2D eigenvalue weighted by molar-refractivity contribution is 0.0386. The van der Waals surface area contributed by atoms with Gasteiger partial charge in [-0.05, 0) is 59.8 Å². The fraction of sp³-hybridized carbons (Fsp3) is 0.571. The second-order valence-corrected chi connectivity index (χ2v) is 8.15. The number of sulfonamides is 1. The molecular formula is C14H20BrNO4S. The van der Waals surface area contributed by atoms with Gasteiger partial charge >= 0.3 is 0 Å². The van der Waals surface area contributed by atoms with Crippen molar-refractivity contribution in [3.63, 3.8) is 0 Å². The van der Waals surface area contributed by atoms with Gasteiger partial charge in [-0.25, -0.2) is 13.1 Å². The van der Waals surface area contributed by atoms with Gasteiger partial charge in [-0.3, -0.25) is 0 Å². The van der Waals surface area contributed by atoms with E-state index in [1.54, 1.807) is 13.0 Å². The average molecular weight is 378 g/mol. The highest BCUT2D eigenvalue weighted by atomic mass is 79.9. The van der Waals surface area contributed by atoms with E-state index in [-0.39, 0.29) is 11.5 Å². The standard InChI is InChI=1S/C14H20BrNO4S/c1-10-6-11(8-17)7-12(13(10)15)21(18,19)16-14(2)4-3-5-20-9-14/h6-7,16-17H,3-5,8-9H2,1-2H3. The Kier molecular flexibility index (Phi) is 5.10. The Labute approximate surface area is 133 Å². The first kappa shape index (κ1) is 16.9. The number of hydrogen-bond acceptors (Lipinski definition) is 4. The summed E-state index contributed by atoms with van der Waals surface area (Å²) >= 11 is 3.33. The van der Waals surface area contributed by atoms with Crippen molar-refractivity contribution in [1.29, 1.82) is 0 Å². The Hall–Kier alpha value is -0.470. The van der Waals surface area contributed by atoms with E-state index in [1.165, 1.54) is 6.07 Å². The van der Waals surface area contributed by atoms with Gasteiger partial charge in [-0.2, -0.15) is 0 Å². The van der Waals surface area contributed by atoms with E-state index in [1.807, 2.05) is 6.92 Å². The van der Waals surface area contributed by atoms with Gasteiger partial charge in [0.15, 0.2) is 0 Å². The second-order valence-electron chi connectivity index (χ2n) is 5.71. The van der Waals surface area contributed by atoms with Crippen LogP contribution < -0.4 is 4.72 Å². The van der Waals surface area contributed by atoms with Crippen LogP contribution >= 0.6 is 15.9 Å². The molecule has 1 aliphatic heterocycles. The number of benzene rings is 1. The molecule has 1 atom stereocenters. The summed E-state index contributed by atoms with van der Waals surface area (Å²) in [5.41, 5.74) is 0.743. The molecule has 0 aromatic heterocycles. The molecule has 1 aliphatic rings. The van der Waals surface area contributed by atoms with Crippen LogP contribution in [-0.2, 0) is 21.4 Å². The van der Waals surface area contributed by atoms with Crippen molar-refractivity contribution in [2.75, 3.05) is 13.2 Å². The van der Waals surface area contributed by atoms with Crippen molar-refractivity contribution in [3.8, 4) is 0 Å². The van der Waals surface area contributed by atoms with E-state index >= 15 is 0 Å². The second kappa shape index (κ2) is 6.34. The molecule has 1 heterocycles. The Bertz CT molecular complexity index is 624. The highest BCUT2D eigenvalue weighted by Crippen LogP contribution is 2.29. The van der Waals surface area contributed by atoms with E-state index in [4.69, 9.17) is 4.74 Å². The predicted molar refractivity (Wildman–Crippen MR) is 83.6 cm³/mol. The third-order valence-corrected chi connectivity index (χ3v) is 6.55. The first-order chi connectivity index (χ1) is 9.77. The maximum atomic E-state index is 12.7. The van der Waals surface area contributed by atoms with Crippen LogP contribution in [0.4, 0.5) is 0 Å². The molecule has 2 N–H and O–H groups in total. The Balaban J connectivity index is 2.37. The largest absolute Gasteiger partial charge is 0.392 e. The normalized spacial score (nSPS) is 23.2. The van der Waals surface area contributed by atoms with Gasteiger partial charge in [0, 0.05) is 11.1 Å².